The summed E-state index contributed by atoms with van der Waals surface area (Å²) < 4.78 is 5.02. The lowest BCUT2D eigenvalue weighted by atomic mass is 9.95. The molecule has 0 fully saturated rings. The van der Waals surface area contributed by atoms with Crippen molar-refractivity contribution >= 4 is 11.6 Å². The van der Waals surface area contributed by atoms with Crippen LogP contribution in [0.2, 0.25) is 0 Å². The molecule has 0 aromatic carbocycles. The Morgan fingerprint density at radius 2 is 2.00 bits per heavy atom. The molecule has 0 radical (unpaired) electrons. The lowest BCUT2D eigenvalue weighted by Crippen LogP contribution is -2.26. The zero-order valence-electron chi connectivity index (χ0n) is 11.7. The molecule has 1 aromatic rings. The second-order valence-electron chi connectivity index (χ2n) is 4.54. The lowest BCUT2D eigenvalue weighted by molar-refractivity contribution is 0.178. The van der Waals surface area contributed by atoms with Gasteiger partial charge in [-0.2, -0.15) is 0 Å². The molecule has 1 unspecified atom stereocenters. The van der Waals surface area contributed by atoms with E-state index < -0.39 is 0 Å². The molecule has 1 aromatic heterocycles. The van der Waals surface area contributed by atoms with Crippen LogP contribution in [-0.4, -0.2) is 23.1 Å². The van der Waals surface area contributed by atoms with Crippen molar-refractivity contribution in [2.24, 2.45) is 5.92 Å². The summed E-state index contributed by atoms with van der Waals surface area (Å²) in [5.41, 5.74) is 5.76. The van der Waals surface area contributed by atoms with Crippen LogP contribution in [0.4, 0.5) is 11.6 Å². The number of rotatable bonds is 7. The highest BCUT2D eigenvalue weighted by Gasteiger charge is 2.14. The highest BCUT2D eigenvalue weighted by Crippen LogP contribution is 2.18. The van der Waals surface area contributed by atoms with Crippen molar-refractivity contribution in [1.29, 1.82) is 0 Å². The molecule has 1 atom stereocenters. The summed E-state index contributed by atoms with van der Waals surface area (Å²) in [6, 6.07) is 2.13. The molecule has 0 aliphatic carbocycles. The normalized spacial score (nSPS) is 12.7. The highest BCUT2D eigenvalue weighted by molar-refractivity contribution is 5.45. The number of hydrogen-bond acceptors (Lipinski definition) is 5. The predicted octanol–water partition coefficient (Wildman–Crippen LogP) is 2.44. The lowest BCUT2D eigenvalue weighted by Gasteiger charge is -2.23. The molecular weight excluding hydrogens is 228 g/mol. The average Bonchev–Trinajstić information content (AvgIpc) is 2.30. The van der Waals surface area contributed by atoms with Crippen molar-refractivity contribution in [3.8, 4) is 0 Å². The fourth-order valence-electron chi connectivity index (χ4n) is 2.13. The van der Waals surface area contributed by atoms with Gasteiger partial charge in [-0.05, 0) is 12.8 Å². The first-order valence-corrected chi connectivity index (χ1v) is 6.49. The van der Waals surface area contributed by atoms with Gasteiger partial charge in [0, 0.05) is 19.2 Å². The Morgan fingerprint density at radius 1 is 1.33 bits per heavy atom. The summed E-state index contributed by atoms with van der Waals surface area (Å²) in [7, 11) is 1.62. The third-order valence-corrected chi connectivity index (χ3v) is 3.20. The molecule has 0 amide bonds. The molecule has 1 rings (SSSR count). The van der Waals surface area contributed by atoms with Crippen LogP contribution in [0.3, 0.4) is 0 Å². The van der Waals surface area contributed by atoms with Crippen LogP contribution in [0.25, 0.3) is 0 Å². The summed E-state index contributed by atoms with van der Waals surface area (Å²) in [4.78, 5) is 8.50. The van der Waals surface area contributed by atoms with E-state index in [1.807, 2.05) is 0 Å². The number of nitrogens with zero attached hydrogens (tertiary/aromatic N) is 2. The van der Waals surface area contributed by atoms with E-state index in [0.29, 0.717) is 30.2 Å². The standard InChI is InChI=1S/C13H24N4O/c1-5-10(6-2)9(3)15-12-7-11(14)16-13(17-12)8-18-4/h7,9-10H,5-6,8H2,1-4H3,(H3,14,15,16,17). The van der Waals surface area contributed by atoms with E-state index in [0.717, 1.165) is 18.7 Å². The minimum Gasteiger partial charge on any atom is -0.384 e. The number of nitrogens with one attached hydrogen (secondary N) is 1. The van der Waals surface area contributed by atoms with Gasteiger partial charge < -0.3 is 15.8 Å². The molecule has 0 saturated heterocycles. The quantitative estimate of drug-likeness (QED) is 0.779. The van der Waals surface area contributed by atoms with Crippen molar-refractivity contribution in [3.63, 3.8) is 0 Å². The first-order chi connectivity index (χ1) is 8.60. The van der Waals surface area contributed by atoms with Gasteiger partial charge in [0.15, 0.2) is 5.82 Å². The molecule has 18 heavy (non-hydrogen) atoms. The van der Waals surface area contributed by atoms with Crippen LogP contribution in [0, 0.1) is 5.92 Å². The molecule has 102 valence electrons. The third kappa shape index (κ3) is 4.14. The van der Waals surface area contributed by atoms with Gasteiger partial charge in [-0.25, -0.2) is 9.97 Å². The minimum atomic E-state index is 0.365. The Hall–Kier alpha value is -1.36. The molecule has 0 saturated carbocycles. The third-order valence-electron chi connectivity index (χ3n) is 3.20. The molecular formula is C13H24N4O. The van der Waals surface area contributed by atoms with E-state index in [4.69, 9.17) is 10.5 Å². The van der Waals surface area contributed by atoms with Gasteiger partial charge in [-0.15, -0.1) is 0 Å². The SMILES string of the molecule is CCC(CC)C(C)Nc1cc(N)nc(COC)n1. The maximum Gasteiger partial charge on any atom is 0.158 e. The molecule has 0 aliphatic heterocycles. The number of ether oxygens (including phenoxy) is 1. The van der Waals surface area contributed by atoms with Crippen LogP contribution in [0.1, 0.15) is 39.4 Å². The van der Waals surface area contributed by atoms with E-state index in [-0.39, 0.29) is 0 Å². The van der Waals surface area contributed by atoms with Crippen LogP contribution in [0.5, 0.6) is 0 Å². The van der Waals surface area contributed by atoms with E-state index in [9.17, 15) is 0 Å². The summed E-state index contributed by atoms with van der Waals surface area (Å²) in [5, 5.41) is 3.40. The Bertz CT molecular complexity index is 366. The topological polar surface area (TPSA) is 73.1 Å². The van der Waals surface area contributed by atoms with Crippen LogP contribution < -0.4 is 11.1 Å². The molecule has 5 heteroatoms. The molecule has 0 bridgehead atoms. The first kappa shape index (κ1) is 14.7. The molecule has 5 nitrogen and oxygen atoms in total. The predicted molar refractivity (Wildman–Crippen MR) is 74.3 cm³/mol. The molecule has 0 aliphatic rings. The van der Waals surface area contributed by atoms with Gasteiger partial charge in [-0.3, -0.25) is 0 Å². The van der Waals surface area contributed by atoms with Crippen molar-refractivity contribution in [1.82, 2.24) is 9.97 Å². The van der Waals surface area contributed by atoms with Gasteiger partial charge in [0.05, 0.1) is 0 Å². The zero-order valence-corrected chi connectivity index (χ0v) is 11.7. The first-order valence-electron chi connectivity index (χ1n) is 6.49. The average molecular weight is 252 g/mol. The maximum absolute atomic E-state index is 5.76. The smallest absolute Gasteiger partial charge is 0.158 e. The summed E-state index contributed by atoms with van der Waals surface area (Å²) in [5.74, 6) is 2.48. The van der Waals surface area contributed by atoms with E-state index >= 15 is 0 Å². The maximum atomic E-state index is 5.76. The van der Waals surface area contributed by atoms with Gasteiger partial charge in [0.25, 0.3) is 0 Å². The second-order valence-corrected chi connectivity index (χ2v) is 4.54. The summed E-state index contributed by atoms with van der Waals surface area (Å²) >= 11 is 0. The fraction of sp³-hybridized carbons (Fsp3) is 0.692. The summed E-state index contributed by atoms with van der Waals surface area (Å²) in [6.07, 6.45) is 2.30. The number of hydrogen-bond donors (Lipinski definition) is 2. The molecule has 3 N–H and O–H groups in total. The Balaban J connectivity index is 2.77. The zero-order chi connectivity index (χ0) is 13.5. The van der Waals surface area contributed by atoms with E-state index in [2.05, 4.69) is 36.1 Å². The van der Waals surface area contributed by atoms with Crippen LogP contribution in [0.15, 0.2) is 6.07 Å². The van der Waals surface area contributed by atoms with Gasteiger partial charge >= 0.3 is 0 Å². The van der Waals surface area contributed by atoms with Gasteiger partial charge in [0.1, 0.15) is 18.2 Å². The Morgan fingerprint density at radius 3 is 2.56 bits per heavy atom. The highest BCUT2D eigenvalue weighted by atomic mass is 16.5. The van der Waals surface area contributed by atoms with Crippen molar-refractivity contribution in [2.45, 2.75) is 46.3 Å². The van der Waals surface area contributed by atoms with Crippen LogP contribution in [-0.2, 0) is 11.3 Å². The minimum absolute atomic E-state index is 0.365. The Kier molecular flexibility index (Phi) is 5.85. The molecule has 1 heterocycles. The van der Waals surface area contributed by atoms with Gasteiger partial charge in [-0.1, -0.05) is 26.7 Å². The van der Waals surface area contributed by atoms with Gasteiger partial charge in [0.2, 0.25) is 0 Å². The number of methoxy groups -OCH3 is 1. The van der Waals surface area contributed by atoms with Crippen molar-refractivity contribution in [2.75, 3.05) is 18.2 Å². The van der Waals surface area contributed by atoms with E-state index in [1.165, 1.54) is 0 Å². The molecule has 0 spiro atoms. The largest absolute Gasteiger partial charge is 0.384 e. The second kappa shape index (κ2) is 7.16. The number of aromatic nitrogens is 2. The number of nitrogen functional groups attached to an aromatic ring is 1. The van der Waals surface area contributed by atoms with Crippen molar-refractivity contribution < 1.29 is 4.74 Å². The van der Waals surface area contributed by atoms with E-state index in [1.54, 1.807) is 13.2 Å². The van der Waals surface area contributed by atoms with Crippen molar-refractivity contribution in [3.05, 3.63) is 11.9 Å². The fourth-order valence-corrected chi connectivity index (χ4v) is 2.13. The number of nitrogens with two attached hydrogens (primary N) is 1. The Labute approximate surface area is 109 Å². The van der Waals surface area contributed by atoms with Crippen LogP contribution >= 0.6 is 0 Å². The summed E-state index contributed by atoms with van der Waals surface area (Å²) in [6.45, 7) is 6.96. The number of anilines is 2. The monoisotopic (exact) mass is 252 g/mol.